The molecule has 0 saturated heterocycles. The van der Waals surface area contributed by atoms with Gasteiger partial charge in [-0.3, -0.25) is 14.6 Å². The van der Waals surface area contributed by atoms with Gasteiger partial charge in [-0.25, -0.2) is 0 Å². The number of aromatic nitrogens is 1. The molecule has 0 radical (unpaired) electrons. The van der Waals surface area contributed by atoms with Crippen LogP contribution in [0.15, 0.2) is 54.7 Å². The highest BCUT2D eigenvalue weighted by atomic mass is 35.5. The van der Waals surface area contributed by atoms with Gasteiger partial charge in [0.05, 0.1) is 26.9 Å². The third-order valence-corrected chi connectivity index (χ3v) is 4.63. The number of pyridine rings is 1. The Labute approximate surface area is 160 Å². The highest BCUT2D eigenvalue weighted by Crippen LogP contribution is 2.30. The topological polar surface area (TPSA) is 62.3 Å². The summed E-state index contributed by atoms with van der Waals surface area (Å²) in [5, 5.41) is 4.16. The molecule has 1 aromatic heterocycles. The smallest absolute Gasteiger partial charge is 0.244 e. The van der Waals surface area contributed by atoms with Gasteiger partial charge in [-0.15, -0.1) is 0 Å². The van der Waals surface area contributed by atoms with E-state index in [9.17, 15) is 9.59 Å². The van der Waals surface area contributed by atoms with Crippen molar-refractivity contribution in [3.05, 3.63) is 64.8 Å². The van der Waals surface area contributed by atoms with Crippen molar-refractivity contribution in [3.8, 4) is 0 Å². The molecule has 0 saturated carbocycles. The van der Waals surface area contributed by atoms with Gasteiger partial charge < -0.3 is 10.2 Å². The van der Waals surface area contributed by atoms with Crippen molar-refractivity contribution in [2.45, 2.75) is 6.92 Å². The van der Waals surface area contributed by atoms with Crippen molar-refractivity contribution in [1.29, 1.82) is 0 Å². The third-order valence-electron chi connectivity index (χ3n) is 3.81. The average molecular weight is 388 g/mol. The number of nitrogens with zero attached hydrogens (tertiary/aromatic N) is 2. The second-order valence-corrected chi connectivity index (χ2v) is 6.39. The molecule has 132 valence electrons. The molecule has 0 bridgehead atoms. The maximum atomic E-state index is 12.5. The SMILES string of the molecule is CC(=O)N(CC(=O)Nc1cccc(Cl)c1Cl)c1cccc2cccnc12. The van der Waals surface area contributed by atoms with Gasteiger partial charge in [-0.2, -0.15) is 0 Å². The first kappa shape index (κ1) is 18.2. The summed E-state index contributed by atoms with van der Waals surface area (Å²) in [6, 6.07) is 14.1. The van der Waals surface area contributed by atoms with E-state index in [0.717, 1.165) is 5.39 Å². The summed E-state index contributed by atoms with van der Waals surface area (Å²) in [5.41, 5.74) is 1.62. The number of carbonyl (C=O) groups is 2. The number of hydrogen-bond donors (Lipinski definition) is 1. The standard InChI is InChI=1S/C19H15Cl2N3O2/c1-12(25)24(16-9-2-5-13-6-4-10-22-19(13)16)11-17(26)23-15-8-3-7-14(20)18(15)21/h2-10H,11H2,1H3,(H,23,26). The van der Waals surface area contributed by atoms with Crippen LogP contribution >= 0.6 is 23.2 Å². The summed E-state index contributed by atoms with van der Waals surface area (Å²) in [6.07, 6.45) is 1.65. The van der Waals surface area contributed by atoms with Crippen LogP contribution in [0, 0.1) is 0 Å². The zero-order valence-electron chi connectivity index (χ0n) is 13.9. The molecular formula is C19H15Cl2N3O2. The maximum Gasteiger partial charge on any atom is 0.244 e. The monoisotopic (exact) mass is 387 g/mol. The number of amides is 2. The molecule has 1 N–H and O–H groups in total. The summed E-state index contributed by atoms with van der Waals surface area (Å²) < 4.78 is 0. The molecule has 2 amide bonds. The van der Waals surface area contributed by atoms with Gasteiger partial charge in [0, 0.05) is 18.5 Å². The zero-order valence-corrected chi connectivity index (χ0v) is 15.4. The Balaban J connectivity index is 1.88. The molecular weight excluding hydrogens is 373 g/mol. The summed E-state index contributed by atoms with van der Waals surface area (Å²) in [7, 11) is 0. The molecule has 1 heterocycles. The summed E-state index contributed by atoms with van der Waals surface area (Å²) >= 11 is 12.1. The van der Waals surface area contributed by atoms with Crippen LogP contribution in [0.3, 0.4) is 0 Å². The van der Waals surface area contributed by atoms with E-state index in [1.807, 2.05) is 24.3 Å². The van der Waals surface area contributed by atoms with Crippen LogP contribution in [-0.4, -0.2) is 23.3 Å². The lowest BCUT2D eigenvalue weighted by atomic mass is 10.1. The molecule has 3 aromatic rings. The highest BCUT2D eigenvalue weighted by molar-refractivity contribution is 6.44. The molecule has 0 spiro atoms. The fourth-order valence-electron chi connectivity index (χ4n) is 2.61. The molecule has 26 heavy (non-hydrogen) atoms. The van der Waals surface area contributed by atoms with Crippen LogP contribution in [0.2, 0.25) is 10.0 Å². The maximum absolute atomic E-state index is 12.5. The number of para-hydroxylation sites is 1. The summed E-state index contributed by atoms with van der Waals surface area (Å²) in [5.74, 6) is -0.659. The fourth-order valence-corrected chi connectivity index (χ4v) is 2.95. The number of anilines is 2. The minimum absolute atomic E-state index is 0.173. The highest BCUT2D eigenvalue weighted by Gasteiger charge is 2.19. The van der Waals surface area contributed by atoms with Crippen LogP contribution in [0.4, 0.5) is 11.4 Å². The lowest BCUT2D eigenvalue weighted by molar-refractivity contribution is -0.120. The minimum atomic E-state index is -0.391. The number of fused-ring (bicyclic) bond motifs is 1. The van der Waals surface area contributed by atoms with E-state index in [1.165, 1.54) is 11.8 Å². The van der Waals surface area contributed by atoms with E-state index in [4.69, 9.17) is 23.2 Å². The third kappa shape index (κ3) is 3.79. The normalized spacial score (nSPS) is 10.6. The first-order chi connectivity index (χ1) is 12.5. The zero-order chi connectivity index (χ0) is 18.7. The Morgan fingerprint density at radius 2 is 1.81 bits per heavy atom. The molecule has 0 aliphatic carbocycles. The molecule has 2 aromatic carbocycles. The molecule has 7 heteroatoms. The average Bonchev–Trinajstić information content (AvgIpc) is 2.63. The van der Waals surface area contributed by atoms with Gasteiger partial charge in [-0.05, 0) is 24.3 Å². The number of carbonyl (C=O) groups excluding carboxylic acids is 2. The number of hydrogen-bond acceptors (Lipinski definition) is 3. The van der Waals surface area contributed by atoms with Gasteiger partial charge in [-0.1, -0.05) is 47.5 Å². The van der Waals surface area contributed by atoms with Crippen molar-refractivity contribution in [2.24, 2.45) is 0 Å². The first-order valence-corrected chi connectivity index (χ1v) is 8.58. The van der Waals surface area contributed by atoms with Gasteiger partial charge in [0.1, 0.15) is 6.54 Å². The molecule has 0 aliphatic heterocycles. The van der Waals surface area contributed by atoms with Crippen LogP contribution in [0.1, 0.15) is 6.92 Å². The lowest BCUT2D eigenvalue weighted by Gasteiger charge is -2.22. The van der Waals surface area contributed by atoms with Crippen molar-refractivity contribution < 1.29 is 9.59 Å². The summed E-state index contributed by atoms with van der Waals surface area (Å²) in [4.78, 5) is 30.4. The Morgan fingerprint density at radius 1 is 1.08 bits per heavy atom. The minimum Gasteiger partial charge on any atom is -0.323 e. The van der Waals surface area contributed by atoms with Crippen molar-refractivity contribution in [2.75, 3.05) is 16.8 Å². The van der Waals surface area contributed by atoms with Gasteiger partial charge in [0.15, 0.2) is 0 Å². The summed E-state index contributed by atoms with van der Waals surface area (Å²) in [6.45, 7) is 1.23. The second kappa shape index (κ2) is 7.72. The largest absolute Gasteiger partial charge is 0.323 e. The van der Waals surface area contributed by atoms with E-state index in [1.54, 1.807) is 30.5 Å². The van der Waals surface area contributed by atoms with Gasteiger partial charge >= 0.3 is 0 Å². The predicted octanol–water partition coefficient (Wildman–Crippen LogP) is 4.53. The predicted molar refractivity (Wildman–Crippen MR) is 105 cm³/mol. The Hall–Kier alpha value is -2.63. The molecule has 0 atom stereocenters. The Kier molecular flexibility index (Phi) is 5.40. The van der Waals surface area contributed by atoms with E-state index in [2.05, 4.69) is 10.3 Å². The van der Waals surface area contributed by atoms with Crippen molar-refractivity contribution in [3.63, 3.8) is 0 Å². The lowest BCUT2D eigenvalue weighted by Crippen LogP contribution is -2.37. The van der Waals surface area contributed by atoms with Crippen molar-refractivity contribution >= 4 is 57.3 Å². The number of nitrogens with one attached hydrogen (secondary N) is 1. The van der Waals surface area contributed by atoms with E-state index in [0.29, 0.717) is 21.9 Å². The van der Waals surface area contributed by atoms with E-state index < -0.39 is 5.91 Å². The Morgan fingerprint density at radius 3 is 2.58 bits per heavy atom. The number of halogens is 2. The van der Waals surface area contributed by atoms with Crippen LogP contribution < -0.4 is 10.2 Å². The van der Waals surface area contributed by atoms with Crippen LogP contribution in [0.25, 0.3) is 10.9 Å². The van der Waals surface area contributed by atoms with Gasteiger partial charge in [0.2, 0.25) is 11.8 Å². The number of benzene rings is 2. The molecule has 0 aliphatic rings. The van der Waals surface area contributed by atoms with Crippen molar-refractivity contribution in [1.82, 2.24) is 4.98 Å². The van der Waals surface area contributed by atoms with E-state index >= 15 is 0 Å². The van der Waals surface area contributed by atoms with Gasteiger partial charge in [0.25, 0.3) is 0 Å². The number of rotatable bonds is 4. The molecule has 0 unspecified atom stereocenters. The molecule has 5 nitrogen and oxygen atoms in total. The first-order valence-electron chi connectivity index (χ1n) is 7.83. The Bertz CT molecular complexity index is 986. The van der Waals surface area contributed by atoms with Crippen LogP contribution in [0.5, 0.6) is 0 Å². The molecule has 0 fully saturated rings. The quantitative estimate of drug-likeness (QED) is 0.714. The fraction of sp³-hybridized carbons (Fsp3) is 0.105. The molecule has 3 rings (SSSR count). The van der Waals surface area contributed by atoms with E-state index in [-0.39, 0.29) is 17.5 Å². The second-order valence-electron chi connectivity index (χ2n) is 5.61. The van der Waals surface area contributed by atoms with Crippen LogP contribution in [-0.2, 0) is 9.59 Å².